The molecule has 3 aromatic rings. The molecule has 0 fully saturated rings. The Hall–Kier alpha value is -2.88. The molecule has 0 saturated heterocycles. The quantitative estimate of drug-likeness (QED) is 0.713. The molecule has 0 aliphatic heterocycles. The van der Waals surface area contributed by atoms with Gasteiger partial charge in [0, 0.05) is 25.0 Å². The predicted molar refractivity (Wildman–Crippen MR) is 107 cm³/mol. The van der Waals surface area contributed by atoms with Crippen LogP contribution in [0.25, 0.3) is 22.0 Å². The van der Waals surface area contributed by atoms with Crippen LogP contribution in [0, 0.1) is 6.92 Å². The van der Waals surface area contributed by atoms with E-state index in [2.05, 4.69) is 31.0 Å². The van der Waals surface area contributed by atoms with Gasteiger partial charge in [-0.05, 0) is 36.1 Å². The first-order valence-electron chi connectivity index (χ1n) is 8.75. The average Bonchev–Trinajstić information content (AvgIpc) is 2.59. The van der Waals surface area contributed by atoms with E-state index in [9.17, 15) is 9.90 Å². The van der Waals surface area contributed by atoms with E-state index >= 15 is 0 Å². The number of carboxylic acids is 1. The lowest BCUT2D eigenvalue weighted by molar-refractivity contribution is 0.0698. The number of carbonyl (C=O) groups is 1. The van der Waals surface area contributed by atoms with Gasteiger partial charge in [-0.3, -0.25) is 0 Å². The zero-order chi connectivity index (χ0) is 19.0. The summed E-state index contributed by atoms with van der Waals surface area (Å²) in [7, 11) is 3.65. The Balaban J connectivity index is 2.48. The minimum atomic E-state index is -0.963. The summed E-state index contributed by atoms with van der Waals surface area (Å²) in [5, 5.41) is 10.9. The van der Waals surface area contributed by atoms with Crippen LogP contribution in [-0.4, -0.2) is 30.2 Å². The third-order valence-electron chi connectivity index (χ3n) is 4.60. The SMILES string of the molecule is Cc1ccc2nc(N(C)C)c(C(=O)O)c(-c3cccc(C(C)C)c3)c2c1. The van der Waals surface area contributed by atoms with Gasteiger partial charge >= 0.3 is 5.97 Å². The molecule has 0 unspecified atom stereocenters. The molecule has 1 aromatic heterocycles. The molecule has 4 heteroatoms. The number of pyridine rings is 1. The van der Waals surface area contributed by atoms with Crippen molar-refractivity contribution in [2.75, 3.05) is 19.0 Å². The molecule has 26 heavy (non-hydrogen) atoms. The van der Waals surface area contributed by atoms with E-state index < -0.39 is 5.97 Å². The summed E-state index contributed by atoms with van der Waals surface area (Å²) in [6.45, 7) is 6.28. The van der Waals surface area contributed by atoms with Gasteiger partial charge in [0.1, 0.15) is 11.4 Å². The summed E-state index contributed by atoms with van der Waals surface area (Å²) in [5.41, 5.74) is 4.95. The molecule has 1 heterocycles. The lowest BCUT2D eigenvalue weighted by Crippen LogP contribution is -2.17. The number of hydrogen-bond donors (Lipinski definition) is 1. The highest BCUT2D eigenvalue weighted by molar-refractivity contribution is 6.10. The number of aromatic carboxylic acids is 1. The second-order valence-electron chi connectivity index (χ2n) is 7.19. The Morgan fingerprint density at radius 3 is 2.46 bits per heavy atom. The number of benzene rings is 2. The van der Waals surface area contributed by atoms with Crippen LogP contribution in [0.3, 0.4) is 0 Å². The normalized spacial score (nSPS) is 11.2. The highest BCUT2D eigenvalue weighted by atomic mass is 16.4. The van der Waals surface area contributed by atoms with E-state index in [4.69, 9.17) is 0 Å². The van der Waals surface area contributed by atoms with E-state index in [1.807, 2.05) is 51.4 Å². The maximum absolute atomic E-state index is 12.2. The van der Waals surface area contributed by atoms with Crippen molar-refractivity contribution in [1.29, 1.82) is 0 Å². The van der Waals surface area contributed by atoms with Gasteiger partial charge in [0.05, 0.1) is 5.52 Å². The van der Waals surface area contributed by atoms with Crippen LogP contribution in [0.1, 0.15) is 41.3 Å². The van der Waals surface area contributed by atoms with E-state index in [0.29, 0.717) is 11.7 Å². The molecule has 0 amide bonds. The molecular weight excluding hydrogens is 324 g/mol. The van der Waals surface area contributed by atoms with Crippen LogP contribution < -0.4 is 4.90 Å². The van der Waals surface area contributed by atoms with Crippen molar-refractivity contribution in [2.24, 2.45) is 0 Å². The van der Waals surface area contributed by atoms with Crippen LogP contribution >= 0.6 is 0 Å². The largest absolute Gasteiger partial charge is 0.478 e. The predicted octanol–water partition coefficient (Wildman–Crippen LogP) is 5.10. The maximum atomic E-state index is 12.2. The molecule has 0 atom stereocenters. The molecule has 0 aliphatic rings. The summed E-state index contributed by atoms with van der Waals surface area (Å²) in [6.07, 6.45) is 0. The van der Waals surface area contributed by atoms with E-state index in [0.717, 1.165) is 27.6 Å². The monoisotopic (exact) mass is 348 g/mol. The van der Waals surface area contributed by atoms with Crippen LogP contribution in [0.5, 0.6) is 0 Å². The molecule has 3 rings (SSSR count). The second kappa shape index (κ2) is 6.79. The maximum Gasteiger partial charge on any atom is 0.340 e. The summed E-state index contributed by atoms with van der Waals surface area (Å²) in [6, 6.07) is 14.1. The number of nitrogens with zero attached hydrogens (tertiary/aromatic N) is 2. The molecule has 0 radical (unpaired) electrons. The van der Waals surface area contributed by atoms with Gasteiger partial charge in [0.2, 0.25) is 0 Å². The van der Waals surface area contributed by atoms with Crippen LogP contribution in [-0.2, 0) is 0 Å². The molecule has 4 nitrogen and oxygen atoms in total. The van der Waals surface area contributed by atoms with Crippen molar-refractivity contribution < 1.29 is 9.90 Å². The number of carboxylic acid groups (broad SMARTS) is 1. The molecule has 2 aromatic carbocycles. The van der Waals surface area contributed by atoms with Crippen molar-refractivity contribution in [3.8, 4) is 11.1 Å². The summed E-state index contributed by atoms with van der Waals surface area (Å²) in [4.78, 5) is 18.6. The Bertz CT molecular complexity index is 991. The number of hydrogen-bond acceptors (Lipinski definition) is 3. The zero-order valence-corrected chi connectivity index (χ0v) is 15.9. The lowest BCUT2D eigenvalue weighted by atomic mass is 9.91. The Morgan fingerprint density at radius 1 is 1.12 bits per heavy atom. The fourth-order valence-electron chi connectivity index (χ4n) is 3.24. The number of fused-ring (bicyclic) bond motifs is 1. The van der Waals surface area contributed by atoms with Gasteiger partial charge in [0.15, 0.2) is 0 Å². The average molecular weight is 348 g/mol. The van der Waals surface area contributed by atoms with Crippen molar-refractivity contribution >= 4 is 22.7 Å². The van der Waals surface area contributed by atoms with Crippen molar-refractivity contribution in [2.45, 2.75) is 26.7 Å². The van der Waals surface area contributed by atoms with Crippen LogP contribution in [0.2, 0.25) is 0 Å². The fraction of sp³-hybridized carbons (Fsp3) is 0.273. The molecule has 0 aliphatic carbocycles. The fourth-order valence-corrected chi connectivity index (χ4v) is 3.24. The summed E-state index contributed by atoms with van der Waals surface area (Å²) < 4.78 is 0. The first-order valence-corrected chi connectivity index (χ1v) is 8.75. The lowest BCUT2D eigenvalue weighted by Gasteiger charge is -2.20. The van der Waals surface area contributed by atoms with Crippen molar-refractivity contribution in [3.05, 3.63) is 59.2 Å². The van der Waals surface area contributed by atoms with Gasteiger partial charge in [-0.2, -0.15) is 0 Å². The third kappa shape index (κ3) is 3.15. The zero-order valence-electron chi connectivity index (χ0n) is 15.9. The minimum Gasteiger partial charge on any atom is -0.478 e. The van der Waals surface area contributed by atoms with Crippen molar-refractivity contribution in [3.63, 3.8) is 0 Å². The van der Waals surface area contributed by atoms with Gasteiger partial charge in [0.25, 0.3) is 0 Å². The third-order valence-corrected chi connectivity index (χ3v) is 4.60. The van der Waals surface area contributed by atoms with Gasteiger partial charge in [-0.25, -0.2) is 9.78 Å². The Morgan fingerprint density at radius 2 is 1.85 bits per heavy atom. The first-order chi connectivity index (χ1) is 12.3. The second-order valence-corrected chi connectivity index (χ2v) is 7.19. The van der Waals surface area contributed by atoms with Crippen LogP contribution in [0.15, 0.2) is 42.5 Å². The number of anilines is 1. The molecule has 134 valence electrons. The standard InChI is InChI=1S/C22H24N2O2/c1-13(2)15-7-6-8-16(12-15)19-17-11-14(3)9-10-18(17)23-21(24(4)5)20(19)22(25)26/h6-13H,1-5H3,(H,25,26). The van der Waals surface area contributed by atoms with E-state index in [1.54, 1.807) is 4.90 Å². The molecular formula is C22H24N2O2. The van der Waals surface area contributed by atoms with Gasteiger partial charge in [-0.15, -0.1) is 0 Å². The molecule has 1 N–H and O–H groups in total. The first kappa shape index (κ1) is 17.9. The number of aromatic nitrogens is 1. The van der Waals surface area contributed by atoms with Gasteiger partial charge < -0.3 is 10.0 Å². The Kier molecular flexibility index (Phi) is 4.68. The summed E-state index contributed by atoms with van der Waals surface area (Å²) >= 11 is 0. The highest BCUT2D eigenvalue weighted by Gasteiger charge is 2.23. The van der Waals surface area contributed by atoms with Gasteiger partial charge in [-0.1, -0.05) is 49.7 Å². The number of aryl methyl sites for hydroxylation is 1. The molecule has 0 bridgehead atoms. The molecule has 0 saturated carbocycles. The molecule has 0 spiro atoms. The van der Waals surface area contributed by atoms with Crippen molar-refractivity contribution in [1.82, 2.24) is 4.98 Å². The topological polar surface area (TPSA) is 53.4 Å². The van der Waals surface area contributed by atoms with E-state index in [-0.39, 0.29) is 5.56 Å². The highest BCUT2D eigenvalue weighted by Crippen LogP contribution is 2.37. The number of rotatable bonds is 4. The Labute approximate surface area is 154 Å². The summed E-state index contributed by atoms with van der Waals surface area (Å²) in [5.74, 6) is -0.125. The minimum absolute atomic E-state index is 0.244. The smallest absolute Gasteiger partial charge is 0.340 e. The van der Waals surface area contributed by atoms with E-state index in [1.165, 1.54) is 5.56 Å². The van der Waals surface area contributed by atoms with Crippen LogP contribution in [0.4, 0.5) is 5.82 Å².